The Hall–Kier alpha value is -1.80. The first-order valence-corrected chi connectivity index (χ1v) is 12.3. The number of benzene rings is 2. The van der Waals surface area contributed by atoms with Crippen LogP contribution in [0.1, 0.15) is 34.6 Å². The van der Waals surface area contributed by atoms with Crippen LogP contribution in [0.15, 0.2) is 75.8 Å². The standard InChI is InChI=1S/C24H19Br3N2O2/c1-2-14-11-12-29-19(13-14)28-21(15-3-7-17(25)8-4-15)22(29)24(31)20(27)23(30)16-5-9-18(26)10-6-16/h3-13,20,24,31H,2H2,1H3. The predicted octanol–water partition coefficient (Wildman–Crippen LogP) is 6.77. The number of aryl methyl sites for hydroxylation is 1. The summed E-state index contributed by atoms with van der Waals surface area (Å²) in [5.74, 6) is -0.193. The van der Waals surface area contributed by atoms with E-state index in [1.165, 1.54) is 0 Å². The van der Waals surface area contributed by atoms with Crippen molar-refractivity contribution in [1.82, 2.24) is 9.38 Å². The minimum atomic E-state index is -1.10. The highest BCUT2D eigenvalue weighted by Gasteiger charge is 2.31. The molecule has 7 heteroatoms. The molecule has 0 bridgehead atoms. The van der Waals surface area contributed by atoms with Crippen LogP contribution in [-0.2, 0) is 6.42 Å². The van der Waals surface area contributed by atoms with Crippen molar-refractivity contribution in [2.75, 3.05) is 0 Å². The molecule has 0 spiro atoms. The second-order valence-corrected chi connectivity index (χ2v) is 10.0. The molecule has 0 fully saturated rings. The Balaban J connectivity index is 1.82. The Labute approximate surface area is 205 Å². The fraction of sp³-hybridized carbons (Fsp3) is 0.167. The van der Waals surface area contributed by atoms with E-state index in [4.69, 9.17) is 4.98 Å². The van der Waals surface area contributed by atoms with Crippen LogP contribution in [-0.4, -0.2) is 25.1 Å². The monoisotopic (exact) mass is 604 g/mol. The average Bonchev–Trinajstić information content (AvgIpc) is 3.17. The van der Waals surface area contributed by atoms with Gasteiger partial charge in [0.05, 0.1) is 11.4 Å². The lowest BCUT2D eigenvalue weighted by atomic mass is 10.0. The average molecular weight is 607 g/mol. The first kappa shape index (κ1) is 22.4. The predicted molar refractivity (Wildman–Crippen MR) is 134 cm³/mol. The third-order valence-corrected chi connectivity index (χ3v) is 7.16. The summed E-state index contributed by atoms with van der Waals surface area (Å²) in [4.78, 5) is 17.1. The van der Waals surface area contributed by atoms with Gasteiger partial charge >= 0.3 is 0 Å². The minimum absolute atomic E-state index is 0.193. The first-order chi connectivity index (χ1) is 14.9. The summed E-state index contributed by atoms with van der Waals surface area (Å²) in [6.07, 6.45) is 1.70. The number of carbonyl (C=O) groups is 1. The Morgan fingerprint density at radius 2 is 1.65 bits per heavy atom. The smallest absolute Gasteiger partial charge is 0.179 e. The lowest BCUT2D eigenvalue weighted by Crippen LogP contribution is -2.24. The molecule has 0 amide bonds. The largest absolute Gasteiger partial charge is 0.385 e. The van der Waals surface area contributed by atoms with E-state index >= 15 is 0 Å². The number of nitrogens with zero attached hydrogens (tertiary/aromatic N) is 2. The molecule has 1 N–H and O–H groups in total. The number of halogens is 3. The Morgan fingerprint density at radius 3 is 2.26 bits per heavy atom. The van der Waals surface area contributed by atoms with Crippen LogP contribution in [0.25, 0.3) is 16.9 Å². The van der Waals surface area contributed by atoms with E-state index in [0.717, 1.165) is 32.1 Å². The summed E-state index contributed by atoms with van der Waals surface area (Å²) in [6, 6.07) is 18.9. The maximum Gasteiger partial charge on any atom is 0.179 e. The summed E-state index contributed by atoms with van der Waals surface area (Å²) in [5.41, 5.74) is 4.52. The zero-order chi connectivity index (χ0) is 22.1. The van der Waals surface area contributed by atoms with Crippen LogP contribution in [0.2, 0.25) is 0 Å². The number of carbonyl (C=O) groups excluding carboxylic acids is 1. The summed E-state index contributed by atoms with van der Waals surface area (Å²) in [5, 5.41) is 11.3. The quantitative estimate of drug-likeness (QED) is 0.195. The van der Waals surface area contributed by atoms with Gasteiger partial charge in [-0.15, -0.1) is 0 Å². The lowest BCUT2D eigenvalue weighted by Gasteiger charge is -2.18. The third-order valence-electron chi connectivity index (χ3n) is 5.19. The van der Waals surface area contributed by atoms with E-state index in [9.17, 15) is 9.90 Å². The van der Waals surface area contributed by atoms with E-state index in [2.05, 4.69) is 54.7 Å². The second kappa shape index (κ2) is 9.36. The number of hydrogen-bond donors (Lipinski definition) is 1. The fourth-order valence-corrected chi connectivity index (χ4v) is 4.53. The van der Waals surface area contributed by atoms with E-state index in [-0.39, 0.29) is 5.78 Å². The van der Waals surface area contributed by atoms with Crippen LogP contribution < -0.4 is 0 Å². The number of hydrogen-bond acceptors (Lipinski definition) is 3. The van der Waals surface area contributed by atoms with E-state index in [1.807, 2.05) is 59.1 Å². The molecule has 0 saturated heterocycles. The van der Waals surface area contributed by atoms with Crippen molar-refractivity contribution in [2.24, 2.45) is 0 Å². The number of imidazole rings is 1. The summed E-state index contributed by atoms with van der Waals surface area (Å²) < 4.78 is 3.71. The van der Waals surface area contributed by atoms with Crippen LogP contribution in [0, 0.1) is 0 Å². The molecule has 0 aliphatic heterocycles. The molecule has 0 radical (unpaired) electrons. The van der Waals surface area contributed by atoms with Crippen LogP contribution in [0.3, 0.4) is 0 Å². The SMILES string of the molecule is CCc1ccn2c(C(O)C(Br)C(=O)c3ccc(Br)cc3)c(-c3ccc(Br)cc3)nc2c1. The van der Waals surface area contributed by atoms with Crippen LogP contribution in [0.5, 0.6) is 0 Å². The highest BCUT2D eigenvalue weighted by molar-refractivity contribution is 9.10. The highest BCUT2D eigenvalue weighted by atomic mass is 79.9. The normalized spacial score (nSPS) is 13.3. The fourth-order valence-electron chi connectivity index (χ4n) is 3.48. The third kappa shape index (κ3) is 4.55. The molecule has 2 unspecified atom stereocenters. The first-order valence-electron chi connectivity index (χ1n) is 9.77. The summed E-state index contributed by atoms with van der Waals surface area (Å²) in [6.45, 7) is 2.09. The number of alkyl halides is 1. The number of aromatic nitrogens is 2. The molecule has 2 atom stereocenters. The van der Waals surface area contributed by atoms with Crippen LogP contribution in [0.4, 0.5) is 0 Å². The van der Waals surface area contributed by atoms with E-state index in [0.29, 0.717) is 17.0 Å². The van der Waals surface area contributed by atoms with Gasteiger partial charge in [0.2, 0.25) is 0 Å². The molecule has 4 rings (SSSR count). The van der Waals surface area contributed by atoms with Gasteiger partial charge in [0.15, 0.2) is 5.78 Å². The molecule has 0 saturated carbocycles. The van der Waals surface area contributed by atoms with Gasteiger partial charge in [-0.05, 0) is 48.4 Å². The van der Waals surface area contributed by atoms with Gasteiger partial charge in [0.1, 0.15) is 16.6 Å². The molecular formula is C24H19Br3N2O2. The van der Waals surface area contributed by atoms with Gasteiger partial charge in [-0.25, -0.2) is 4.98 Å². The number of Topliss-reactive ketones (excluding diaryl/α,β-unsaturated/α-hetero) is 1. The summed E-state index contributed by atoms with van der Waals surface area (Å²) >= 11 is 10.3. The number of ketones is 1. The van der Waals surface area contributed by atoms with Gasteiger partial charge < -0.3 is 9.51 Å². The zero-order valence-corrected chi connectivity index (χ0v) is 21.4. The number of aliphatic hydroxyl groups excluding tert-OH is 1. The summed E-state index contributed by atoms with van der Waals surface area (Å²) in [7, 11) is 0. The van der Waals surface area contributed by atoms with Crippen molar-refractivity contribution in [1.29, 1.82) is 0 Å². The minimum Gasteiger partial charge on any atom is -0.385 e. The zero-order valence-electron chi connectivity index (χ0n) is 16.6. The van der Waals surface area contributed by atoms with Crippen molar-refractivity contribution in [3.63, 3.8) is 0 Å². The van der Waals surface area contributed by atoms with Gasteiger partial charge in [-0.2, -0.15) is 0 Å². The van der Waals surface area contributed by atoms with Crippen molar-refractivity contribution in [3.8, 4) is 11.3 Å². The molecule has 4 nitrogen and oxygen atoms in total. The maximum atomic E-state index is 13.1. The molecule has 0 aliphatic carbocycles. The van der Waals surface area contributed by atoms with Crippen molar-refractivity contribution in [3.05, 3.63) is 92.6 Å². The number of pyridine rings is 1. The van der Waals surface area contributed by atoms with Crippen LogP contribution >= 0.6 is 47.8 Å². The van der Waals surface area contributed by atoms with E-state index < -0.39 is 10.9 Å². The van der Waals surface area contributed by atoms with Gasteiger partial charge in [-0.1, -0.05) is 79.0 Å². The van der Waals surface area contributed by atoms with E-state index in [1.54, 1.807) is 12.1 Å². The molecule has 31 heavy (non-hydrogen) atoms. The Kier molecular flexibility index (Phi) is 6.77. The second-order valence-electron chi connectivity index (χ2n) is 7.19. The molecule has 2 heterocycles. The topological polar surface area (TPSA) is 54.6 Å². The van der Waals surface area contributed by atoms with Crippen molar-refractivity contribution in [2.45, 2.75) is 24.3 Å². The molecule has 158 valence electrons. The molecule has 2 aromatic heterocycles. The Morgan fingerprint density at radius 1 is 1.03 bits per heavy atom. The lowest BCUT2D eigenvalue weighted by molar-refractivity contribution is 0.0897. The number of aliphatic hydroxyl groups is 1. The molecule has 4 aromatic rings. The van der Waals surface area contributed by atoms with Crippen molar-refractivity contribution >= 4 is 59.2 Å². The number of fused-ring (bicyclic) bond motifs is 1. The van der Waals surface area contributed by atoms with Gasteiger partial charge in [-0.3, -0.25) is 4.79 Å². The van der Waals surface area contributed by atoms with Gasteiger partial charge in [0.25, 0.3) is 0 Å². The highest BCUT2D eigenvalue weighted by Crippen LogP contribution is 2.35. The van der Waals surface area contributed by atoms with Gasteiger partial charge in [0, 0.05) is 26.3 Å². The van der Waals surface area contributed by atoms with Crippen molar-refractivity contribution < 1.29 is 9.90 Å². The molecule has 0 aliphatic rings. The Bertz CT molecular complexity index is 1230. The molecular weight excluding hydrogens is 588 g/mol. The number of rotatable bonds is 6. The maximum absolute atomic E-state index is 13.1. The molecule has 2 aromatic carbocycles.